The molecule has 4 aliphatic carbocycles. The number of hydrazine groups is 1. The van der Waals surface area contributed by atoms with E-state index in [1.807, 2.05) is 77.9 Å². The van der Waals surface area contributed by atoms with Gasteiger partial charge in [-0.3, -0.25) is 20.2 Å². The van der Waals surface area contributed by atoms with Crippen molar-refractivity contribution in [3.05, 3.63) is 90.3 Å². The van der Waals surface area contributed by atoms with E-state index in [4.69, 9.17) is 4.98 Å². The van der Waals surface area contributed by atoms with Crippen LogP contribution in [0, 0.1) is 17.8 Å². The molecule has 0 spiro atoms. The lowest BCUT2D eigenvalue weighted by atomic mass is 9.48. The highest BCUT2D eigenvalue weighted by molar-refractivity contribution is 5.96. The molecule has 4 saturated carbocycles. The molecular formula is C28H29N3O. The third-order valence-corrected chi connectivity index (χ3v) is 7.85. The van der Waals surface area contributed by atoms with Crippen LogP contribution in [0.4, 0.5) is 11.4 Å². The number of nitrogens with zero attached hydrogens (tertiary/aromatic N) is 2. The molecule has 0 atom stereocenters. The van der Waals surface area contributed by atoms with Crippen LogP contribution in [0.5, 0.6) is 0 Å². The monoisotopic (exact) mass is 423 g/mol. The molecule has 32 heavy (non-hydrogen) atoms. The Balaban J connectivity index is 1.29. The molecule has 1 heterocycles. The lowest BCUT2D eigenvalue weighted by molar-refractivity contribution is -0.00722. The zero-order chi connectivity index (χ0) is 21.5. The molecule has 4 aliphatic rings. The molecule has 2 aromatic carbocycles. The first-order chi connectivity index (χ1) is 15.7. The summed E-state index contributed by atoms with van der Waals surface area (Å²) in [5.41, 5.74) is 6.97. The second kappa shape index (κ2) is 7.77. The number of amides is 1. The Labute approximate surface area is 189 Å². The van der Waals surface area contributed by atoms with E-state index in [1.54, 1.807) is 0 Å². The summed E-state index contributed by atoms with van der Waals surface area (Å²) in [4.78, 5) is 18.2. The highest BCUT2D eigenvalue weighted by Crippen LogP contribution is 2.60. The van der Waals surface area contributed by atoms with Gasteiger partial charge in [-0.05, 0) is 92.7 Å². The normalized spacial score (nSPS) is 27.8. The molecule has 4 bridgehead atoms. The number of carbonyl (C=O) groups excluding carboxylic acids is 1. The third-order valence-electron chi connectivity index (χ3n) is 7.85. The maximum Gasteiger partial charge on any atom is 0.270 e. The van der Waals surface area contributed by atoms with Crippen molar-refractivity contribution in [3.63, 3.8) is 0 Å². The molecule has 0 radical (unpaired) electrons. The number of hydrogen-bond acceptors (Lipinski definition) is 3. The predicted octanol–water partition coefficient (Wildman–Crippen LogP) is 6.03. The Hall–Kier alpha value is -3.14. The van der Waals surface area contributed by atoms with Crippen molar-refractivity contribution < 1.29 is 4.79 Å². The van der Waals surface area contributed by atoms with E-state index in [0.717, 1.165) is 34.8 Å². The molecule has 1 aromatic heterocycles. The van der Waals surface area contributed by atoms with Gasteiger partial charge in [0, 0.05) is 22.9 Å². The largest absolute Gasteiger partial charge is 0.270 e. The minimum atomic E-state index is -0.105. The van der Waals surface area contributed by atoms with Crippen LogP contribution in [0.15, 0.2) is 79.0 Å². The molecule has 162 valence electrons. The molecular weight excluding hydrogens is 394 g/mol. The topological polar surface area (TPSA) is 45.2 Å². The van der Waals surface area contributed by atoms with Crippen molar-refractivity contribution in [2.45, 2.75) is 43.9 Å². The maximum atomic E-state index is 13.4. The number of carbonyl (C=O) groups is 1. The van der Waals surface area contributed by atoms with E-state index >= 15 is 0 Å². The Morgan fingerprint density at radius 1 is 0.812 bits per heavy atom. The van der Waals surface area contributed by atoms with Gasteiger partial charge >= 0.3 is 0 Å². The average Bonchev–Trinajstić information content (AvgIpc) is 2.83. The Morgan fingerprint density at radius 2 is 1.34 bits per heavy atom. The minimum absolute atomic E-state index is 0.105. The predicted molar refractivity (Wildman–Crippen MR) is 127 cm³/mol. The van der Waals surface area contributed by atoms with E-state index < -0.39 is 0 Å². The first kappa shape index (κ1) is 19.5. The van der Waals surface area contributed by atoms with Gasteiger partial charge < -0.3 is 0 Å². The third kappa shape index (κ3) is 3.48. The van der Waals surface area contributed by atoms with Crippen LogP contribution < -0.4 is 10.4 Å². The van der Waals surface area contributed by atoms with Crippen LogP contribution in [0.1, 0.15) is 54.6 Å². The maximum absolute atomic E-state index is 13.4. The fraction of sp³-hybridized carbons (Fsp3) is 0.357. The lowest BCUT2D eigenvalue weighted by Gasteiger charge is -2.56. The van der Waals surface area contributed by atoms with Gasteiger partial charge in [0.1, 0.15) is 0 Å². The lowest BCUT2D eigenvalue weighted by Crippen LogP contribution is -2.49. The molecule has 1 N–H and O–H groups in total. The van der Waals surface area contributed by atoms with Crippen molar-refractivity contribution >= 4 is 17.3 Å². The van der Waals surface area contributed by atoms with Crippen LogP contribution in [0.25, 0.3) is 0 Å². The molecule has 4 heteroatoms. The van der Waals surface area contributed by atoms with Crippen molar-refractivity contribution in [2.24, 2.45) is 17.8 Å². The van der Waals surface area contributed by atoms with Crippen LogP contribution in [0.2, 0.25) is 0 Å². The molecule has 1 amide bonds. The zero-order valence-electron chi connectivity index (χ0n) is 18.3. The molecule has 4 fully saturated rings. The van der Waals surface area contributed by atoms with E-state index in [9.17, 15) is 4.79 Å². The quantitative estimate of drug-likeness (QED) is 0.510. The van der Waals surface area contributed by atoms with Gasteiger partial charge in [-0.25, -0.2) is 0 Å². The number of aromatic nitrogens is 1. The summed E-state index contributed by atoms with van der Waals surface area (Å²) in [5.74, 6) is 2.46. The first-order valence-corrected chi connectivity index (χ1v) is 11.9. The summed E-state index contributed by atoms with van der Waals surface area (Å²) in [6, 6.07) is 23.8. The Morgan fingerprint density at radius 3 is 1.88 bits per heavy atom. The van der Waals surface area contributed by atoms with Gasteiger partial charge in [0.25, 0.3) is 5.91 Å². The highest BCUT2D eigenvalue weighted by Gasteiger charge is 2.52. The molecule has 0 unspecified atom stereocenters. The fourth-order valence-corrected chi connectivity index (χ4v) is 6.88. The second-order valence-electron chi connectivity index (χ2n) is 10.1. The van der Waals surface area contributed by atoms with Crippen molar-refractivity contribution in [2.75, 3.05) is 5.01 Å². The average molecular weight is 424 g/mol. The summed E-state index contributed by atoms with van der Waals surface area (Å²) >= 11 is 0. The summed E-state index contributed by atoms with van der Waals surface area (Å²) in [6.07, 6.45) is 9.79. The van der Waals surface area contributed by atoms with E-state index in [0.29, 0.717) is 5.56 Å². The molecule has 3 aromatic rings. The number of pyridine rings is 1. The van der Waals surface area contributed by atoms with E-state index in [1.165, 1.54) is 38.5 Å². The van der Waals surface area contributed by atoms with Crippen LogP contribution in [-0.2, 0) is 5.41 Å². The molecule has 0 aliphatic heterocycles. The van der Waals surface area contributed by atoms with Gasteiger partial charge in [-0.15, -0.1) is 0 Å². The number of para-hydroxylation sites is 2. The van der Waals surface area contributed by atoms with Gasteiger partial charge in [0.15, 0.2) is 0 Å². The molecule has 4 nitrogen and oxygen atoms in total. The minimum Gasteiger partial charge on any atom is -0.267 e. The fourth-order valence-electron chi connectivity index (χ4n) is 6.88. The Kier molecular flexibility index (Phi) is 4.74. The van der Waals surface area contributed by atoms with E-state index in [2.05, 4.69) is 11.5 Å². The smallest absolute Gasteiger partial charge is 0.267 e. The summed E-state index contributed by atoms with van der Waals surface area (Å²) < 4.78 is 0. The summed E-state index contributed by atoms with van der Waals surface area (Å²) in [6.45, 7) is 0. The standard InChI is InChI=1S/C28H29N3O/c32-27(30-31(24-7-3-1-4-8-24)25-9-5-2-6-10-25)23-11-12-29-26(16-23)28-17-20-13-21(18-28)15-22(14-20)19-28/h1-12,16,20-22H,13-15,17-19H2,(H,30,32). The van der Waals surface area contributed by atoms with Crippen LogP contribution >= 0.6 is 0 Å². The number of benzene rings is 2. The van der Waals surface area contributed by atoms with Crippen molar-refractivity contribution in [1.82, 2.24) is 10.4 Å². The van der Waals surface area contributed by atoms with Crippen LogP contribution in [-0.4, -0.2) is 10.9 Å². The Bertz CT molecular complexity index is 1040. The first-order valence-electron chi connectivity index (χ1n) is 11.9. The van der Waals surface area contributed by atoms with Crippen molar-refractivity contribution in [1.29, 1.82) is 0 Å². The van der Waals surface area contributed by atoms with Gasteiger partial charge in [0.05, 0.1) is 11.4 Å². The van der Waals surface area contributed by atoms with Crippen molar-refractivity contribution in [3.8, 4) is 0 Å². The van der Waals surface area contributed by atoms with Crippen LogP contribution in [0.3, 0.4) is 0 Å². The number of rotatable bonds is 5. The van der Waals surface area contributed by atoms with E-state index in [-0.39, 0.29) is 11.3 Å². The number of nitrogens with one attached hydrogen (secondary N) is 1. The van der Waals surface area contributed by atoms with Gasteiger partial charge in [0.2, 0.25) is 0 Å². The molecule has 7 rings (SSSR count). The zero-order valence-corrected chi connectivity index (χ0v) is 18.3. The number of anilines is 2. The summed E-state index contributed by atoms with van der Waals surface area (Å²) in [5, 5.41) is 1.85. The SMILES string of the molecule is O=C(NN(c1ccccc1)c1ccccc1)c1ccnc(C23CC4CC(CC(C4)C2)C3)c1. The highest BCUT2D eigenvalue weighted by atomic mass is 16.2. The molecule has 0 saturated heterocycles. The second-order valence-corrected chi connectivity index (χ2v) is 10.1. The van der Waals surface area contributed by atoms with Gasteiger partial charge in [-0.2, -0.15) is 0 Å². The van der Waals surface area contributed by atoms with Gasteiger partial charge in [-0.1, -0.05) is 36.4 Å². The number of hydrogen-bond donors (Lipinski definition) is 1. The summed E-state index contributed by atoms with van der Waals surface area (Å²) in [7, 11) is 0.